The number of rotatable bonds is 21. The van der Waals surface area contributed by atoms with E-state index >= 15 is 0 Å². The molecule has 2 aromatic heterocycles. The van der Waals surface area contributed by atoms with Crippen molar-refractivity contribution in [3.05, 3.63) is 95.5 Å². The highest BCUT2D eigenvalue weighted by Crippen LogP contribution is 2.44. The second-order valence-corrected chi connectivity index (χ2v) is 26.1. The third kappa shape index (κ3) is 14.9. The van der Waals surface area contributed by atoms with Crippen molar-refractivity contribution in [1.29, 1.82) is 0 Å². The summed E-state index contributed by atoms with van der Waals surface area (Å²) >= 11 is 12.7. The number of methoxy groups -OCH3 is 1. The molecule has 1 aliphatic heterocycles. The minimum Gasteiger partial charge on any atom is -0.505 e. The molecule has 1 aliphatic rings. The number of piperazine rings is 1. The summed E-state index contributed by atoms with van der Waals surface area (Å²) in [4.78, 5) is 37.8. The van der Waals surface area contributed by atoms with Crippen LogP contribution in [0.1, 0.15) is 6.92 Å². The number of phenolic OH excluding ortho intramolecular Hbond substituents is 1. The van der Waals surface area contributed by atoms with Gasteiger partial charge in [-0.05, 0) is 89.3 Å². The summed E-state index contributed by atoms with van der Waals surface area (Å²) < 4.78 is 177. The summed E-state index contributed by atoms with van der Waals surface area (Å²) in [6, 6.07) is 15.3. The zero-order chi connectivity index (χ0) is 63.8. The SMILES string of the molecule is COc1cc(NNc2ccc3c(S(=O)(=O)O)cccc3c2S(=O)(=O)O)c(NC(C)=O)cc1Nc1nc(Cl)nc(NCCN2CCN(c3nc(Cl)nc(Nc4ccc5c(O)c(/N=N/c6cc(S(=O)(=O)O)ccc6S(=O)(=O)O)c(S(=O)(=O)O)cc5c4)n3)CC2)n1. The van der Waals surface area contributed by atoms with E-state index in [1.165, 1.54) is 62.6 Å². The largest absolute Gasteiger partial charge is 0.505 e. The number of phenols is 1. The number of carbonyl (C=O) groups excluding carboxylic acids is 1. The fourth-order valence-electron chi connectivity index (χ4n) is 8.83. The topological polar surface area (TPSA) is 499 Å². The molecule has 41 heteroatoms. The van der Waals surface area contributed by atoms with Gasteiger partial charge in [0.1, 0.15) is 36.7 Å². The van der Waals surface area contributed by atoms with E-state index in [4.69, 9.17) is 27.9 Å². The minimum absolute atomic E-state index is 0.0106. The first-order valence-corrected chi connectivity index (χ1v) is 32.6. The van der Waals surface area contributed by atoms with Gasteiger partial charge in [-0.25, -0.2) is 0 Å². The predicted molar refractivity (Wildman–Crippen MR) is 317 cm³/mol. The Morgan fingerprint density at radius 2 is 1.25 bits per heavy atom. The number of nitrogens with zero attached hydrogens (tertiary/aromatic N) is 10. The van der Waals surface area contributed by atoms with Gasteiger partial charge in [0.2, 0.25) is 40.3 Å². The number of ether oxygens (including phenoxy) is 1. The highest BCUT2D eigenvalue weighted by Gasteiger charge is 2.28. The normalized spacial score (nSPS) is 13.6. The summed E-state index contributed by atoms with van der Waals surface area (Å²) in [6.07, 6.45) is 0. The van der Waals surface area contributed by atoms with Crippen LogP contribution in [0.15, 0.2) is 120 Å². The van der Waals surface area contributed by atoms with Crippen molar-refractivity contribution in [3.63, 3.8) is 0 Å². The number of carbonyl (C=O) groups is 1. The molecule has 9 rings (SSSR count). The number of amides is 1. The fourth-order valence-corrected chi connectivity index (χ4v) is 12.5. The molecular weight excluding hydrogens is 1310 g/mol. The van der Waals surface area contributed by atoms with Gasteiger partial charge in [0.25, 0.3) is 50.6 Å². The number of nitrogens with one attached hydrogen (secondary N) is 6. The molecule has 12 N–H and O–H groups in total. The third-order valence-corrected chi connectivity index (χ3v) is 17.5. The Hall–Kier alpha value is -8.58. The number of benzene rings is 6. The Kier molecular flexibility index (Phi) is 18.1. The Morgan fingerprint density at radius 3 is 1.90 bits per heavy atom. The first-order chi connectivity index (χ1) is 41.2. The van der Waals surface area contributed by atoms with Gasteiger partial charge in [0.05, 0.1) is 34.8 Å². The lowest BCUT2D eigenvalue weighted by atomic mass is 10.1. The maximum absolute atomic E-state index is 12.7. The molecule has 0 radical (unpaired) electrons. The van der Waals surface area contributed by atoms with Crippen molar-refractivity contribution in [3.8, 4) is 11.5 Å². The molecule has 0 saturated carbocycles. The van der Waals surface area contributed by atoms with E-state index in [0.29, 0.717) is 57.5 Å². The number of aromatic nitrogens is 6. The second-order valence-electron chi connectivity index (χ2n) is 18.5. The molecule has 0 atom stereocenters. The number of hydrogen-bond donors (Lipinski definition) is 12. The van der Waals surface area contributed by atoms with Gasteiger partial charge in [-0.2, -0.15) is 72.0 Å². The van der Waals surface area contributed by atoms with Gasteiger partial charge in [-0.1, -0.05) is 18.2 Å². The van der Waals surface area contributed by atoms with Crippen molar-refractivity contribution < 1.29 is 79.5 Å². The molecule has 0 bridgehead atoms. The van der Waals surface area contributed by atoms with E-state index in [2.05, 4.69) is 77.2 Å². The first-order valence-electron chi connectivity index (χ1n) is 24.6. The summed E-state index contributed by atoms with van der Waals surface area (Å²) in [7, 11) is -23.8. The smallest absolute Gasteiger partial charge is 0.297 e. The molecular formula is C47H44Cl2N16O18S5. The lowest BCUT2D eigenvalue weighted by Crippen LogP contribution is -2.48. The molecule has 1 fully saturated rings. The molecule has 8 aromatic rings. The van der Waals surface area contributed by atoms with Crippen molar-refractivity contribution in [2.45, 2.75) is 31.4 Å². The number of hydrogen-bond acceptors (Lipinski definition) is 28. The van der Waals surface area contributed by atoms with Gasteiger partial charge in [-0.15, -0.1) is 10.2 Å². The highest BCUT2D eigenvalue weighted by atomic mass is 35.5. The van der Waals surface area contributed by atoms with Gasteiger partial charge in [-0.3, -0.25) is 43.3 Å². The summed E-state index contributed by atoms with van der Waals surface area (Å²) in [5.41, 5.74) is 4.00. The predicted octanol–water partition coefficient (Wildman–Crippen LogP) is 6.15. The summed E-state index contributed by atoms with van der Waals surface area (Å²) in [6.45, 7) is 3.91. The molecule has 1 saturated heterocycles. The van der Waals surface area contributed by atoms with E-state index in [1.807, 2.05) is 4.90 Å². The number of anilines is 9. The number of aromatic hydroxyl groups is 1. The average molecular weight is 1350 g/mol. The van der Waals surface area contributed by atoms with Crippen LogP contribution in [0, 0.1) is 0 Å². The molecule has 3 heterocycles. The molecule has 6 aromatic carbocycles. The van der Waals surface area contributed by atoms with Crippen LogP contribution in [0.5, 0.6) is 11.5 Å². The Morgan fingerprint density at radius 1 is 0.602 bits per heavy atom. The van der Waals surface area contributed by atoms with Crippen LogP contribution in [0.4, 0.5) is 63.6 Å². The van der Waals surface area contributed by atoms with Crippen molar-refractivity contribution in [1.82, 2.24) is 34.8 Å². The quantitative estimate of drug-likeness (QED) is 0.0218. The minimum atomic E-state index is -5.23. The van der Waals surface area contributed by atoms with Crippen LogP contribution in [0.3, 0.4) is 0 Å². The Balaban J connectivity index is 0.841. The van der Waals surface area contributed by atoms with Crippen LogP contribution in [-0.2, 0) is 55.4 Å². The Labute approximate surface area is 508 Å². The molecule has 0 spiro atoms. The highest BCUT2D eigenvalue weighted by molar-refractivity contribution is 7.87. The zero-order valence-corrected chi connectivity index (χ0v) is 50.3. The number of halogens is 2. The van der Waals surface area contributed by atoms with Crippen LogP contribution in [-0.4, -0.2) is 157 Å². The van der Waals surface area contributed by atoms with Crippen molar-refractivity contribution in [2.24, 2.45) is 10.2 Å². The molecule has 34 nitrogen and oxygen atoms in total. The number of azo groups is 1. The summed E-state index contributed by atoms with van der Waals surface area (Å²) in [5.74, 6) is -1.11. The van der Waals surface area contributed by atoms with Crippen LogP contribution >= 0.6 is 23.2 Å². The fraction of sp³-hybridized carbons (Fsp3) is 0.170. The zero-order valence-electron chi connectivity index (χ0n) is 44.7. The van der Waals surface area contributed by atoms with Crippen LogP contribution in [0.25, 0.3) is 21.5 Å². The van der Waals surface area contributed by atoms with E-state index in [-0.39, 0.29) is 90.1 Å². The molecule has 0 unspecified atom stereocenters. The molecule has 0 aliphatic carbocycles. The Bertz CT molecular complexity index is 4780. The standard InChI is InChI=1S/C47H44Cl2N16O18S5/c1-23(66)51-31-21-33(35(83-2)22-32(31)61-60-30-10-9-28-29(41(30)88(80,81)82)4-3-5-36(28)85(71,72)73)53-46-55-42(48)54-44(58-46)50-12-13-64-14-16-65(17-15-64)47-57-43(49)56-45(59-47)52-25-6-8-27-24(18-25)19-38(87(77,78)79)39(40(27)67)63-62-34-20-26(84(68,69)70)7-11-37(34)86(74,75)76/h3-11,18-22,60-61,67H,12-17H2,1-2H3,(H,51,66)(H,68,69,70)(H,71,72,73)(H,74,75,76)(H,77,78,79)(H,80,81,82)(H,52,56,57,59)(H2,50,53,54,55,58)/b63-62+. The molecule has 88 heavy (non-hydrogen) atoms. The van der Waals surface area contributed by atoms with Crippen molar-refractivity contribution in [2.75, 3.05) is 83.4 Å². The van der Waals surface area contributed by atoms with Crippen molar-refractivity contribution >= 4 is 165 Å². The molecule has 1 amide bonds. The monoisotopic (exact) mass is 1350 g/mol. The number of hydrazine groups is 1. The maximum Gasteiger partial charge on any atom is 0.297 e. The second kappa shape index (κ2) is 24.9. The lowest BCUT2D eigenvalue weighted by molar-refractivity contribution is -0.114. The van der Waals surface area contributed by atoms with Gasteiger partial charge in [0.15, 0.2) is 5.75 Å². The van der Waals surface area contributed by atoms with E-state index in [1.54, 1.807) is 0 Å². The van der Waals surface area contributed by atoms with Crippen LogP contribution < -0.4 is 41.8 Å². The van der Waals surface area contributed by atoms with E-state index in [9.17, 15) is 74.8 Å². The van der Waals surface area contributed by atoms with Crippen LogP contribution in [0.2, 0.25) is 10.6 Å². The summed E-state index contributed by atoms with van der Waals surface area (Å²) in [5, 5.41) is 29.1. The van der Waals surface area contributed by atoms with E-state index < -0.39 is 98.1 Å². The average Bonchev–Trinajstić information content (AvgIpc) is 2.42. The van der Waals surface area contributed by atoms with Gasteiger partial charge < -0.3 is 36.0 Å². The number of fused-ring (bicyclic) bond motifs is 2. The van der Waals surface area contributed by atoms with E-state index in [0.717, 1.165) is 18.2 Å². The van der Waals surface area contributed by atoms with Gasteiger partial charge >= 0.3 is 0 Å². The maximum atomic E-state index is 12.7. The third-order valence-electron chi connectivity index (χ3n) is 12.7. The lowest BCUT2D eigenvalue weighted by Gasteiger charge is -2.34. The molecule has 464 valence electrons. The first kappa shape index (κ1) is 63.9. The van der Waals surface area contributed by atoms with Gasteiger partial charge in [0, 0.05) is 74.1 Å².